The van der Waals surface area contributed by atoms with Crippen molar-refractivity contribution in [3.05, 3.63) is 0 Å². The second kappa shape index (κ2) is 5.80. The third kappa shape index (κ3) is 3.41. The highest BCUT2D eigenvalue weighted by atomic mass is 16.5. The summed E-state index contributed by atoms with van der Waals surface area (Å²) < 4.78 is 14.9. The molecule has 0 aliphatic carbocycles. The monoisotopic (exact) mass is 218 g/mol. The van der Waals surface area contributed by atoms with E-state index in [0.29, 0.717) is 13.2 Å². The van der Waals surface area contributed by atoms with Crippen molar-refractivity contribution in [2.24, 2.45) is 11.3 Å². The first kappa shape index (κ1) is 12.9. The van der Waals surface area contributed by atoms with Gasteiger partial charge in [0.15, 0.2) is 0 Å². The largest absolute Gasteiger partial charge is 0.394 e. The van der Waals surface area contributed by atoms with Crippen LogP contribution in [0.4, 0.5) is 0 Å². The van der Waals surface area contributed by atoms with Gasteiger partial charge in [0.25, 0.3) is 0 Å². The van der Waals surface area contributed by atoms with Crippen LogP contribution in [-0.2, 0) is 14.2 Å². The van der Waals surface area contributed by atoms with Crippen molar-refractivity contribution in [3.63, 3.8) is 0 Å². The first-order chi connectivity index (χ1) is 7.12. The molecule has 1 unspecified atom stereocenters. The zero-order chi connectivity index (χ0) is 11.3. The van der Waals surface area contributed by atoms with E-state index in [2.05, 4.69) is 13.8 Å². The maximum atomic E-state index is 8.85. The quantitative estimate of drug-likeness (QED) is 0.757. The summed E-state index contributed by atoms with van der Waals surface area (Å²) in [6, 6.07) is 0. The van der Waals surface area contributed by atoms with E-state index in [-0.39, 0.29) is 18.1 Å². The summed E-state index contributed by atoms with van der Waals surface area (Å²) >= 11 is 0. The predicted molar refractivity (Wildman–Crippen MR) is 56.8 cm³/mol. The van der Waals surface area contributed by atoms with Gasteiger partial charge < -0.3 is 19.3 Å². The van der Waals surface area contributed by atoms with Crippen LogP contribution >= 0.6 is 0 Å². The van der Waals surface area contributed by atoms with E-state index in [0.717, 1.165) is 19.1 Å². The topological polar surface area (TPSA) is 47.9 Å². The van der Waals surface area contributed by atoms with Gasteiger partial charge in [0.05, 0.1) is 39.1 Å². The third-order valence-electron chi connectivity index (χ3n) is 2.90. The van der Waals surface area contributed by atoms with Gasteiger partial charge in [-0.05, 0) is 0 Å². The van der Waals surface area contributed by atoms with Crippen molar-refractivity contribution in [2.45, 2.75) is 20.0 Å². The zero-order valence-electron chi connectivity index (χ0n) is 9.86. The summed E-state index contributed by atoms with van der Waals surface area (Å²) in [6.07, 6.45) is -0.0683. The normalized spacial score (nSPS) is 25.6. The summed E-state index contributed by atoms with van der Waals surface area (Å²) in [5.41, 5.74) is 0.0451. The van der Waals surface area contributed by atoms with Gasteiger partial charge in [-0.3, -0.25) is 0 Å². The second-order valence-electron chi connectivity index (χ2n) is 4.70. The van der Waals surface area contributed by atoms with Crippen LogP contribution in [-0.4, -0.2) is 51.4 Å². The van der Waals surface area contributed by atoms with Gasteiger partial charge in [-0.1, -0.05) is 13.8 Å². The molecule has 1 N–H and O–H groups in total. The predicted octanol–water partition coefficient (Wildman–Crippen LogP) is 0.683. The maximum Gasteiger partial charge on any atom is 0.0899 e. The van der Waals surface area contributed by atoms with Crippen molar-refractivity contribution in [3.8, 4) is 0 Å². The molecule has 0 saturated carbocycles. The summed E-state index contributed by atoms with van der Waals surface area (Å²) in [6.45, 7) is 7.69. The summed E-state index contributed by atoms with van der Waals surface area (Å²) in [4.78, 5) is 0. The molecule has 2 aliphatic heterocycles. The molecule has 2 heterocycles. The van der Waals surface area contributed by atoms with Crippen LogP contribution < -0.4 is 0 Å². The molecule has 2 saturated heterocycles. The Labute approximate surface area is 91.5 Å². The first-order valence-electron chi connectivity index (χ1n) is 5.41. The lowest BCUT2D eigenvalue weighted by molar-refractivity contribution is -0.179. The molecule has 1 atom stereocenters. The molecule has 0 aromatic heterocycles. The highest BCUT2D eigenvalue weighted by molar-refractivity contribution is 4.88. The van der Waals surface area contributed by atoms with Gasteiger partial charge in [-0.25, -0.2) is 0 Å². The van der Waals surface area contributed by atoms with Crippen LogP contribution in [0.5, 0.6) is 0 Å². The second-order valence-corrected chi connectivity index (χ2v) is 4.70. The van der Waals surface area contributed by atoms with E-state index in [1.807, 2.05) is 0 Å². The number of hydrogen-bond donors (Lipinski definition) is 1. The van der Waals surface area contributed by atoms with Crippen molar-refractivity contribution < 1.29 is 19.3 Å². The van der Waals surface area contributed by atoms with E-state index in [1.54, 1.807) is 7.11 Å². The lowest BCUT2D eigenvalue weighted by Crippen LogP contribution is -2.51. The summed E-state index contributed by atoms with van der Waals surface area (Å²) in [5, 5.41) is 8.85. The van der Waals surface area contributed by atoms with Crippen LogP contribution in [0.2, 0.25) is 0 Å². The highest BCUT2D eigenvalue weighted by Crippen LogP contribution is 2.31. The molecule has 2 fully saturated rings. The van der Waals surface area contributed by atoms with Crippen molar-refractivity contribution in [1.29, 1.82) is 0 Å². The minimum Gasteiger partial charge on any atom is -0.394 e. The number of aliphatic hydroxyl groups is 1. The fraction of sp³-hybridized carbons (Fsp3) is 1.00. The Morgan fingerprint density at radius 2 is 1.93 bits per heavy atom. The van der Waals surface area contributed by atoms with Gasteiger partial charge in [0.1, 0.15) is 0 Å². The molecule has 0 spiro atoms. The van der Waals surface area contributed by atoms with Gasteiger partial charge in [0, 0.05) is 18.4 Å². The van der Waals surface area contributed by atoms with E-state index in [9.17, 15) is 0 Å². The van der Waals surface area contributed by atoms with Crippen LogP contribution in [0.3, 0.4) is 0 Å². The molecule has 4 nitrogen and oxygen atoms in total. The molecular weight excluding hydrogens is 196 g/mol. The van der Waals surface area contributed by atoms with Crippen molar-refractivity contribution in [1.82, 2.24) is 0 Å². The standard InChI is InChI=1S/C7H14O3.C4H8O/c1-7(4-10-5-7)6(3-8)9-2;1-4-2-5-3-4/h6,8H,3-5H2,1-2H3;4H,2-3H2,1H3. The Morgan fingerprint density at radius 1 is 1.40 bits per heavy atom. The van der Waals surface area contributed by atoms with Crippen molar-refractivity contribution in [2.75, 3.05) is 40.1 Å². The Balaban J connectivity index is 0.000000187. The molecule has 4 heteroatoms. The molecule has 0 aromatic carbocycles. The van der Waals surface area contributed by atoms with E-state index < -0.39 is 0 Å². The number of ether oxygens (including phenoxy) is 3. The average Bonchev–Trinajstić information content (AvgIpc) is 2.15. The Hall–Kier alpha value is -0.160. The molecule has 2 rings (SSSR count). The number of aliphatic hydroxyl groups excluding tert-OH is 1. The summed E-state index contributed by atoms with van der Waals surface area (Å²) in [7, 11) is 1.62. The van der Waals surface area contributed by atoms with Crippen LogP contribution in [0.15, 0.2) is 0 Å². The zero-order valence-corrected chi connectivity index (χ0v) is 9.86. The fourth-order valence-electron chi connectivity index (χ4n) is 1.54. The summed E-state index contributed by atoms with van der Waals surface area (Å²) in [5.74, 6) is 0.843. The van der Waals surface area contributed by atoms with Crippen molar-refractivity contribution >= 4 is 0 Å². The minimum absolute atomic E-state index is 0.0451. The molecule has 15 heavy (non-hydrogen) atoms. The van der Waals surface area contributed by atoms with E-state index in [1.165, 1.54) is 0 Å². The SMILES string of the molecule is CC1COC1.COC(CO)C1(C)COC1. The first-order valence-corrected chi connectivity index (χ1v) is 5.41. The molecule has 0 amide bonds. The van der Waals surface area contributed by atoms with Crippen LogP contribution in [0, 0.1) is 11.3 Å². The highest BCUT2D eigenvalue weighted by Gasteiger charge is 2.41. The Kier molecular flexibility index (Phi) is 4.99. The molecule has 0 radical (unpaired) electrons. The van der Waals surface area contributed by atoms with Crippen LogP contribution in [0.1, 0.15) is 13.8 Å². The van der Waals surface area contributed by atoms with Gasteiger partial charge in [-0.2, -0.15) is 0 Å². The third-order valence-corrected chi connectivity index (χ3v) is 2.90. The molecule has 0 bridgehead atoms. The van der Waals surface area contributed by atoms with Crippen LogP contribution in [0.25, 0.3) is 0 Å². The molecular formula is C11H22O4. The van der Waals surface area contributed by atoms with E-state index >= 15 is 0 Å². The lowest BCUT2D eigenvalue weighted by Gasteiger charge is -2.42. The van der Waals surface area contributed by atoms with Gasteiger partial charge in [0.2, 0.25) is 0 Å². The molecule has 0 aromatic rings. The Bertz CT molecular complexity index is 171. The van der Waals surface area contributed by atoms with E-state index in [4.69, 9.17) is 19.3 Å². The van der Waals surface area contributed by atoms with Gasteiger partial charge in [-0.15, -0.1) is 0 Å². The van der Waals surface area contributed by atoms with Gasteiger partial charge >= 0.3 is 0 Å². The Morgan fingerprint density at radius 3 is 2.00 bits per heavy atom. The maximum absolute atomic E-state index is 8.85. The lowest BCUT2D eigenvalue weighted by atomic mass is 9.82. The molecule has 2 aliphatic rings. The number of rotatable bonds is 3. The number of methoxy groups -OCH3 is 1. The average molecular weight is 218 g/mol. The minimum atomic E-state index is -0.0683. The smallest absolute Gasteiger partial charge is 0.0899 e. The molecule has 90 valence electrons. The fourth-order valence-corrected chi connectivity index (χ4v) is 1.54. The number of hydrogen-bond acceptors (Lipinski definition) is 4.